The van der Waals surface area contributed by atoms with Crippen molar-refractivity contribution in [2.24, 2.45) is 5.92 Å². The van der Waals surface area contributed by atoms with E-state index in [0.717, 1.165) is 5.56 Å². The number of esters is 1. The van der Waals surface area contributed by atoms with Gasteiger partial charge in [0.15, 0.2) is 6.10 Å². The summed E-state index contributed by atoms with van der Waals surface area (Å²) in [6.45, 7) is 8.39. The lowest BCUT2D eigenvalue weighted by molar-refractivity contribution is -0.161. The predicted molar refractivity (Wildman–Crippen MR) is 113 cm³/mol. The van der Waals surface area contributed by atoms with Crippen molar-refractivity contribution in [2.75, 3.05) is 0 Å². The van der Waals surface area contributed by atoms with Crippen molar-refractivity contribution in [3.05, 3.63) is 42.1 Å². The third-order valence-electron chi connectivity index (χ3n) is 4.88. The first-order chi connectivity index (χ1) is 14.6. The number of benzene rings is 1. The minimum atomic E-state index is -1.11. The summed E-state index contributed by atoms with van der Waals surface area (Å²) in [6, 6.07) is 4.73. The van der Waals surface area contributed by atoms with E-state index in [2.05, 4.69) is 22.5 Å². The minimum absolute atomic E-state index is 0.162. The molecule has 9 heteroatoms. The molecule has 3 amide bonds. The van der Waals surface area contributed by atoms with Crippen LogP contribution < -0.4 is 16.0 Å². The van der Waals surface area contributed by atoms with Gasteiger partial charge in [0.25, 0.3) is 11.8 Å². The molecule has 0 aromatic heterocycles. The van der Waals surface area contributed by atoms with Crippen LogP contribution in [0.5, 0.6) is 5.75 Å². The smallest absolute Gasteiger partial charge is 0.329 e. The Hall–Kier alpha value is -3.36. The van der Waals surface area contributed by atoms with Crippen LogP contribution in [-0.4, -0.2) is 47.0 Å². The van der Waals surface area contributed by atoms with Crippen LogP contribution in [0.1, 0.15) is 39.2 Å². The van der Waals surface area contributed by atoms with Gasteiger partial charge in [-0.2, -0.15) is 0 Å². The Morgan fingerprint density at radius 2 is 1.71 bits per heavy atom. The molecular formula is C22H29N3O6. The van der Waals surface area contributed by atoms with Gasteiger partial charge < -0.3 is 25.8 Å². The Balaban J connectivity index is 2.17. The SMILES string of the molecule is C=C1NC(=O)[C@H](CCCc2ccc(O)cc2)NC(=O)[C@H](C(C)C)OC(=O)[C@H](C)NC1=O. The molecule has 168 valence electrons. The first kappa shape index (κ1) is 23.9. The third-order valence-corrected chi connectivity index (χ3v) is 4.88. The molecule has 0 aliphatic carbocycles. The molecule has 1 heterocycles. The molecule has 0 spiro atoms. The molecule has 4 N–H and O–H groups in total. The molecule has 0 unspecified atom stereocenters. The fourth-order valence-electron chi connectivity index (χ4n) is 3.05. The van der Waals surface area contributed by atoms with E-state index in [0.29, 0.717) is 12.8 Å². The molecule has 2 rings (SSSR count). The van der Waals surface area contributed by atoms with Crippen LogP contribution in [0.2, 0.25) is 0 Å². The van der Waals surface area contributed by atoms with E-state index in [1.807, 2.05) is 0 Å². The third kappa shape index (κ3) is 6.84. The highest BCUT2D eigenvalue weighted by molar-refractivity contribution is 6.01. The van der Waals surface area contributed by atoms with Gasteiger partial charge in [0, 0.05) is 0 Å². The molecular weight excluding hydrogens is 402 g/mol. The summed E-state index contributed by atoms with van der Waals surface area (Å²) >= 11 is 0. The average Bonchev–Trinajstić information content (AvgIpc) is 2.71. The van der Waals surface area contributed by atoms with E-state index in [4.69, 9.17) is 4.74 Å². The summed E-state index contributed by atoms with van der Waals surface area (Å²) in [5, 5.41) is 16.8. The topological polar surface area (TPSA) is 134 Å². The zero-order chi connectivity index (χ0) is 23.1. The van der Waals surface area contributed by atoms with Gasteiger partial charge in [-0.15, -0.1) is 0 Å². The van der Waals surface area contributed by atoms with E-state index in [-0.39, 0.29) is 23.8 Å². The fraction of sp³-hybridized carbons (Fsp3) is 0.455. The van der Waals surface area contributed by atoms with Gasteiger partial charge in [-0.3, -0.25) is 14.4 Å². The molecule has 1 saturated heterocycles. The second kappa shape index (κ2) is 10.6. The van der Waals surface area contributed by atoms with Crippen LogP contribution >= 0.6 is 0 Å². The van der Waals surface area contributed by atoms with Crippen molar-refractivity contribution in [2.45, 2.75) is 58.2 Å². The number of carbonyl (C=O) groups excluding carboxylic acids is 4. The number of ether oxygens (including phenoxy) is 1. The normalized spacial score (nSPS) is 23.2. The highest BCUT2D eigenvalue weighted by Gasteiger charge is 2.33. The summed E-state index contributed by atoms with van der Waals surface area (Å²) < 4.78 is 5.31. The first-order valence-electron chi connectivity index (χ1n) is 10.2. The molecule has 3 atom stereocenters. The lowest BCUT2D eigenvalue weighted by Crippen LogP contribution is -2.54. The zero-order valence-corrected chi connectivity index (χ0v) is 17.9. The average molecular weight is 431 g/mol. The van der Waals surface area contributed by atoms with Crippen molar-refractivity contribution in [3.8, 4) is 5.75 Å². The number of rotatable bonds is 5. The Bertz CT molecular complexity index is 849. The van der Waals surface area contributed by atoms with Crippen LogP contribution in [0.4, 0.5) is 0 Å². The number of phenols is 1. The number of carbonyl (C=O) groups is 4. The Morgan fingerprint density at radius 1 is 1.06 bits per heavy atom. The van der Waals surface area contributed by atoms with Crippen LogP contribution in [0.3, 0.4) is 0 Å². The Kier molecular flexibility index (Phi) is 8.18. The number of amides is 3. The fourth-order valence-corrected chi connectivity index (χ4v) is 3.05. The molecule has 9 nitrogen and oxygen atoms in total. The molecule has 1 aromatic rings. The van der Waals surface area contributed by atoms with Crippen molar-refractivity contribution in [3.63, 3.8) is 0 Å². The van der Waals surface area contributed by atoms with Gasteiger partial charge >= 0.3 is 5.97 Å². The number of aromatic hydroxyl groups is 1. The van der Waals surface area contributed by atoms with Gasteiger partial charge in [-0.1, -0.05) is 32.6 Å². The van der Waals surface area contributed by atoms with Crippen LogP contribution in [0, 0.1) is 5.92 Å². The summed E-state index contributed by atoms with van der Waals surface area (Å²) in [5.41, 5.74) is 0.730. The van der Waals surface area contributed by atoms with Gasteiger partial charge in [0.05, 0.1) is 5.70 Å². The highest BCUT2D eigenvalue weighted by Crippen LogP contribution is 2.14. The van der Waals surface area contributed by atoms with E-state index in [9.17, 15) is 24.3 Å². The van der Waals surface area contributed by atoms with E-state index in [1.54, 1.807) is 38.1 Å². The predicted octanol–water partition coefficient (Wildman–Crippen LogP) is 0.916. The highest BCUT2D eigenvalue weighted by atomic mass is 16.5. The van der Waals surface area contributed by atoms with Crippen molar-refractivity contribution < 1.29 is 29.0 Å². The molecule has 0 saturated carbocycles. The summed E-state index contributed by atoms with van der Waals surface area (Å²) in [5.74, 6) is -2.82. The van der Waals surface area contributed by atoms with Crippen molar-refractivity contribution in [1.82, 2.24) is 16.0 Å². The number of hydrogen-bond acceptors (Lipinski definition) is 6. The van der Waals surface area contributed by atoms with Gasteiger partial charge in [-0.25, -0.2) is 4.79 Å². The van der Waals surface area contributed by atoms with Crippen molar-refractivity contribution in [1.29, 1.82) is 0 Å². The van der Waals surface area contributed by atoms with Crippen molar-refractivity contribution >= 4 is 23.7 Å². The first-order valence-corrected chi connectivity index (χ1v) is 10.2. The molecule has 31 heavy (non-hydrogen) atoms. The molecule has 0 radical (unpaired) electrons. The van der Waals surface area contributed by atoms with E-state index < -0.39 is 41.9 Å². The maximum absolute atomic E-state index is 12.8. The Labute approximate surface area is 181 Å². The minimum Gasteiger partial charge on any atom is -0.508 e. The maximum atomic E-state index is 12.8. The van der Waals surface area contributed by atoms with Gasteiger partial charge in [-0.05, 0) is 49.8 Å². The quantitative estimate of drug-likeness (QED) is 0.405. The zero-order valence-electron chi connectivity index (χ0n) is 17.9. The number of nitrogens with one attached hydrogen (secondary N) is 3. The number of hydrogen-bond donors (Lipinski definition) is 4. The lowest BCUT2D eigenvalue weighted by Gasteiger charge is -2.27. The summed E-state index contributed by atoms with van der Waals surface area (Å²) in [7, 11) is 0. The van der Waals surface area contributed by atoms with Crippen LogP contribution in [0.15, 0.2) is 36.5 Å². The Morgan fingerprint density at radius 3 is 2.32 bits per heavy atom. The van der Waals surface area contributed by atoms with E-state index >= 15 is 0 Å². The molecule has 1 aliphatic rings. The maximum Gasteiger partial charge on any atom is 0.329 e. The lowest BCUT2D eigenvalue weighted by atomic mass is 10.0. The summed E-state index contributed by atoms with van der Waals surface area (Å²) in [4.78, 5) is 50.0. The molecule has 1 aliphatic heterocycles. The molecule has 0 bridgehead atoms. The summed E-state index contributed by atoms with van der Waals surface area (Å²) in [6.07, 6.45) is 0.330. The number of phenolic OH excluding ortho intramolecular Hbond substituents is 1. The number of aryl methyl sites for hydroxylation is 1. The van der Waals surface area contributed by atoms with Gasteiger partial charge in [0.2, 0.25) is 5.91 Å². The monoisotopic (exact) mass is 431 g/mol. The van der Waals surface area contributed by atoms with Gasteiger partial charge in [0.1, 0.15) is 17.8 Å². The molecule has 1 fully saturated rings. The largest absolute Gasteiger partial charge is 0.508 e. The standard InChI is InChI=1S/C22H29N3O6/c1-12(2)18-21(29)25-17(7-5-6-15-8-10-16(26)11-9-15)20(28)23-13(3)19(27)24-14(4)22(30)31-18/h8-12,14,17-18,26H,3,5-7H2,1-2,4H3,(H,23,28)(H,24,27)(H,25,29)/t14-,17-,18-/m0/s1. The second-order valence-electron chi connectivity index (χ2n) is 7.88. The number of cyclic esters (lactones) is 1. The molecule has 1 aromatic carbocycles. The van der Waals surface area contributed by atoms with Crippen LogP contribution in [-0.2, 0) is 30.3 Å². The van der Waals surface area contributed by atoms with Crippen LogP contribution in [0.25, 0.3) is 0 Å². The second-order valence-corrected chi connectivity index (χ2v) is 7.88. The van der Waals surface area contributed by atoms with E-state index in [1.165, 1.54) is 6.92 Å².